The van der Waals surface area contributed by atoms with Gasteiger partial charge in [-0.05, 0) is 12.1 Å². The number of nitrogens with zero attached hydrogens (tertiary/aromatic N) is 2. The summed E-state index contributed by atoms with van der Waals surface area (Å²) >= 11 is 0. The van der Waals surface area contributed by atoms with Crippen LogP contribution >= 0.6 is 0 Å². The van der Waals surface area contributed by atoms with Gasteiger partial charge >= 0.3 is 0 Å². The summed E-state index contributed by atoms with van der Waals surface area (Å²) in [5, 5.41) is 0. The normalized spacial score (nSPS) is 11.4. The van der Waals surface area contributed by atoms with E-state index in [1.54, 1.807) is 24.5 Å². The number of rotatable bonds is 3. The van der Waals surface area contributed by atoms with Crippen molar-refractivity contribution in [2.75, 3.05) is 6.26 Å². The average molecular weight is 249 g/mol. The van der Waals surface area contributed by atoms with Gasteiger partial charge < -0.3 is 0 Å². The van der Waals surface area contributed by atoms with E-state index in [1.807, 2.05) is 29.1 Å². The van der Waals surface area contributed by atoms with Crippen LogP contribution in [0, 0.1) is 0 Å². The van der Waals surface area contributed by atoms with E-state index in [0.717, 1.165) is 5.56 Å². The fourth-order valence-corrected chi connectivity index (χ4v) is 2.14. The summed E-state index contributed by atoms with van der Waals surface area (Å²) in [5.41, 5.74) is 1.05. The predicted molar refractivity (Wildman–Crippen MR) is 63.1 cm³/mol. The molecule has 0 unspecified atom stereocenters. The van der Waals surface area contributed by atoms with E-state index < -0.39 is 9.84 Å². The van der Waals surface area contributed by atoms with Gasteiger partial charge in [-0.2, -0.15) is 4.57 Å². The molecule has 0 aliphatic carbocycles. The van der Waals surface area contributed by atoms with Gasteiger partial charge in [0.25, 0.3) is 0 Å². The maximum Gasteiger partial charge on any atom is 0.187 e. The minimum absolute atomic E-state index is 0.348. The van der Waals surface area contributed by atoms with Crippen molar-refractivity contribution < 1.29 is 13.0 Å². The van der Waals surface area contributed by atoms with Crippen LogP contribution in [0.15, 0.2) is 53.9 Å². The minimum atomic E-state index is -3.11. The van der Waals surface area contributed by atoms with Crippen LogP contribution in [0.4, 0.5) is 0 Å². The second kappa shape index (κ2) is 4.63. The van der Waals surface area contributed by atoms with Crippen LogP contribution in [0.25, 0.3) is 0 Å². The maximum atomic E-state index is 11.3. The Morgan fingerprint density at radius 1 is 1.12 bits per heavy atom. The molecule has 0 spiro atoms. The fourth-order valence-electron chi connectivity index (χ4n) is 1.51. The van der Waals surface area contributed by atoms with Crippen molar-refractivity contribution in [1.29, 1.82) is 0 Å². The second-order valence-corrected chi connectivity index (χ2v) is 5.85. The molecular formula is C12H13N2O2S+. The summed E-state index contributed by atoms with van der Waals surface area (Å²) in [6.45, 7) is 0.701. The Balaban J connectivity index is 2.20. The van der Waals surface area contributed by atoms with Crippen LogP contribution in [0.5, 0.6) is 0 Å². The standard InChI is InChI=1S/C12H13N2O2S/c1-17(15,16)12-4-2-11(3-5-12)10-14-8-6-13-7-9-14/h2-9H,10H2,1H3/q+1. The molecule has 1 aromatic heterocycles. The molecule has 17 heavy (non-hydrogen) atoms. The first kappa shape index (κ1) is 11.7. The zero-order chi connectivity index (χ0) is 12.3. The van der Waals surface area contributed by atoms with E-state index >= 15 is 0 Å². The van der Waals surface area contributed by atoms with E-state index in [9.17, 15) is 8.42 Å². The van der Waals surface area contributed by atoms with E-state index in [2.05, 4.69) is 4.98 Å². The monoisotopic (exact) mass is 249 g/mol. The summed E-state index contributed by atoms with van der Waals surface area (Å²) in [6.07, 6.45) is 8.37. The molecule has 0 saturated carbocycles. The average Bonchev–Trinajstić information content (AvgIpc) is 2.30. The van der Waals surface area contributed by atoms with Gasteiger partial charge in [0.05, 0.1) is 17.3 Å². The number of sulfone groups is 1. The number of hydrogen-bond donors (Lipinski definition) is 0. The second-order valence-electron chi connectivity index (χ2n) is 3.83. The highest BCUT2D eigenvalue weighted by atomic mass is 32.2. The predicted octanol–water partition coefficient (Wildman–Crippen LogP) is 0.821. The number of aromatic nitrogens is 2. The van der Waals surface area contributed by atoms with Crippen LogP contribution in [0.3, 0.4) is 0 Å². The molecule has 4 nitrogen and oxygen atoms in total. The lowest BCUT2D eigenvalue weighted by molar-refractivity contribution is -0.688. The molecule has 1 heterocycles. The highest BCUT2D eigenvalue weighted by Gasteiger charge is 2.07. The van der Waals surface area contributed by atoms with E-state index in [-0.39, 0.29) is 0 Å². The summed E-state index contributed by atoms with van der Waals surface area (Å²) in [7, 11) is -3.11. The molecule has 1 aromatic carbocycles. The largest absolute Gasteiger partial charge is 0.252 e. The van der Waals surface area contributed by atoms with Gasteiger partial charge in [0.1, 0.15) is 0 Å². The molecule has 88 valence electrons. The van der Waals surface area contributed by atoms with Gasteiger partial charge in [-0.25, -0.2) is 8.42 Å². The summed E-state index contributed by atoms with van der Waals surface area (Å²) in [5.74, 6) is 0. The van der Waals surface area contributed by atoms with Gasteiger partial charge in [0.2, 0.25) is 0 Å². The number of benzene rings is 1. The van der Waals surface area contributed by atoms with Crippen molar-refractivity contribution >= 4 is 9.84 Å². The third-order valence-electron chi connectivity index (χ3n) is 2.41. The molecule has 0 aliphatic heterocycles. The highest BCUT2D eigenvalue weighted by Crippen LogP contribution is 2.09. The van der Waals surface area contributed by atoms with Gasteiger partial charge in [-0.3, -0.25) is 4.98 Å². The molecule has 0 saturated heterocycles. The van der Waals surface area contributed by atoms with Gasteiger partial charge in [-0.1, -0.05) is 12.1 Å². The number of hydrogen-bond acceptors (Lipinski definition) is 3. The van der Waals surface area contributed by atoms with Gasteiger partial charge in [0, 0.05) is 11.8 Å². The smallest absolute Gasteiger partial charge is 0.187 e. The molecule has 0 amide bonds. The molecule has 0 atom stereocenters. The Bertz CT molecular complexity index is 592. The Morgan fingerprint density at radius 3 is 2.24 bits per heavy atom. The first-order valence-electron chi connectivity index (χ1n) is 5.14. The zero-order valence-electron chi connectivity index (χ0n) is 9.45. The van der Waals surface area contributed by atoms with Crippen molar-refractivity contribution in [2.24, 2.45) is 0 Å². The van der Waals surface area contributed by atoms with Crippen LogP contribution in [-0.2, 0) is 16.4 Å². The lowest BCUT2D eigenvalue weighted by Gasteiger charge is -2.00. The molecule has 5 heteroatoms. The Labute approximate surface area is 100 Å². The first-order chi connectivity index (χ1) is 8.05. The zero-order valence-corrected chi connectivity index (χ0v) is 10.3. The van der Waals surface area contributed by atoms with Crippen LogP contribution in [0.1, 0.15) is 5.56 Å². The molecule has 2 rings (SSSR count). The Hall–Kier alpha value is -1.75. The van der Waals surface area contributed by atoms with E-state index in [1.165, 1.54) is 6.26 Å². The summed E-state index contributed by atoms with van der Waals surface area (Å²) in [6, 6.07) is 6.91. The SMILES string of the molecule is CS(=O)(=O)c1ccc(C[n+]2ccncc2)cc1. The van der Waals surface area contributed by atoms with Gasteiger partial charge in [0.15, 0.2) is 28.8 Å². The third-order valence-corrected chi connectivity index (χ3v) is 3.53. The minimum Gasteiger partial charge on any atom is -0.252 e. The topological polar surface area (TPSA) is 50.9 Å². The van der Waals surface area contributed by atoms with Crippen LogP contribution in [-0.4, -0.2) is 19.7 Å². The molecule has 0 fully saturated rings. The van der Waals surface area contributed by atoms with Crippen molar-refractivity contribution in [3.63, 3.8) is 0 Å². The van der Waals surface area contributed by atoms with Crippen molar-refractivity contribution in [1.82, 2.24) is 4.98 Å². The lowest BCUT2D eigenvalue weighted by Crippen LogP contribution is -2.33. The van der Waals surface area contributed by atoms with Crippen LogP contribution in [0.2, 0.25) is 0 Å². The summed E-state index contributed by atoms with van der Waals surface area (Å²) in [4.78, 5) is 4.28. The third kappa shape index (κ3) is 3.10. The molecule has 2 aromatic rings. The van der Waals surface area contributed by atoms with Crippen LogP contribution < -0.4 is 4.57 Å². The fraction of sp³-hybridized carbons (Fsp3) is 0.167. The van der Waals surface area contributed by atoms with Crippen molar-refractivity contribution in [3.8, 4) is 0 Å². The molecule has 0 bridgehead atoms. The molecule has 0 N–H and O–H groups in total. The van der Waals surface area contributed by atoms with Crippen molar-refractivity contribution in [2.45, 2.75) is 11.4 Å². The highest BCUT2D eigenvalue weighted by molar-refractivity contribution is 7.90. The van der Waals surface area contributed by atoms with Gasteiger partial charge in [-0.15, -0.1) is 0 Å². The van der Waals surface area contributed by atoms with E-state index in [4.69, 9.17) is 0 Å². The van der Waals surface area contributed by atoms with Crippen molar-refractivity contribution in [3.05, 3.63) is 54.6 Å². The quantitative estimate of drug-likeness (QED) is 0.757. The molecule has 0 aliphatic rings. The summed E-state index contributed by atoms with van der Waals surface area (Å²) < 4.78 is 24.6. The Kier molecular flexibility index (Phi) is 3.19. The maximum absolute atomic E-state index is 11.3. The van der Waals surface area contributed by atoms with E-state index in [0.29, 0.717) is 11.4 Å². The Morgan fingerprint density at radius 2 is 1.71 bits per heavy atom. The first-order valence-corrected chi connectivity index (χ1v) is 7.03. The molecule has 0 radical (unpaired) electrons. The molecular weight excluding hydrogens is 236 g/mol. The lowest BCUT2D eigenvalue weighted by atomic mass is 10.2.